The van der Waals surface area contributed by atoms with Gasteiger partial charge in [-0.2, -0.15) is 0 Å². The van der Waals surface area contributed by atoms with Crippen LogP contribution in [0.1, 0.15) is 25.3 Å². The first-order valence-corrected chi connectivity index (χ1v) is 8.69. The van der Waals surface area contributed by atoms with Gasteiger partial charge in [-0.3, -0.25) is 0 Å². The highest BCUT2D eigenvalue weighted by molar-refractivity contribution is 7.89. The molecule has 1 aromatic carbocycles. The Morgan fingerprint density at radius 2 is 2.19 bits per heavy atom. The molecule has 2 rings (SSSR count). The number of sulfonamides is 1. The number of benzene rings is 1. The van der Waals surface area contributed by atoms with Crippen molar-refractivity contribution in [1.29, 1.82) is 0 Å². The van der Waals surface area contributed by atoms with Crippen molar-refractivity contribution in [3.8, 4) is 11.8 Å². The van der Waals surface area contributed by atoms with Crippen LogP contribution in [0, 0.1) is 23.7 Å². The van der Waals surface area contributed by atoms with E-state index in [0.717, 1.165) is 0 Å². The van der Waals surface area contributed by atoms with Crippen molar-refractivity contribution in [2.24, 2.45) is 11.8 Å². The zero-order chi connectivity index (χ0) is 15.5. The number of hydrogen-bond donors (Lipinski definition) is 2. The molecule has 0 aliphatic heterocycles. The second kappa shape index (κ2) is 6.80. The third kappa shape index (κ3) is 4.45. The van der Waals surface area contributed by atoms with Gasteiger partial charge in [0.05, 0.1) is 5.02 Å². The molecule has 0 aromatic heterocycles. The van der Waals surface area contributed by atoms with Crippen molar-refractivity contribution in [2.45, 2.75) is 24.7 Å². The van der Waals surface area contributed by atoms with Crippen LogP contribution in [0.3, 0.4) is 0 Å². The zero-order valence-electron chi connectivity index (χ0n) is 11.8. The minimum absolute atomic E-state index is 0.0571. The van der Waals surface area contributed by atoms with Gasteiger partial charge in [0, 0.05) is 12.1 Å². The monoisotopic (exact) mass is 327 g/mol. The van der Waals surface area contributed by atoms with Gasteiger partial charge in [-0.25, -0.2) is 13.1 Å². The summed E-state index contributed by atoms with van der Waals surface area (Å²) in [5.74, 6) is 6.16. The predicted molar refractivity (Wildman–Crippen MR) is 82.5 cm³/mol. The summed E-state index contributed by atoms with van der Waals surface area (Å²) in [6.45, 7) is 2.23. The molecule has 0 radical (unpaired) electrons. The molecule has 1 aliphatic carbocycles. The fourth-order valence-corrected chi connectivity index (χ4v) is 3.77. The van der Waals surface area contributed by atoms with E-state index in [4.69, 9.17) is 16.7 Å². The Morgan fingerprint density at radius 1 is 1.48 bits per heavy atom. The molecule has 4 nitrogen and oxygen atoms in total. The Labute approximate surface area is 130 Å². The molecule has 2 N–H and O–H groups in total. The molecule has 1 fully saturated rings. The number of aliphatic hydroxyl groups is 1. The second-order valence-electron chi connectivity index (χ2n) is 5.27. The SMILES string of the molecule is CC(CNS(=O)(=O)c1ccc(C#CCO)cc1Cl)C1CC1. The lowest BCUT2D eigenvalue weighted by Crippen LogP contribution is -2.29. The molecule has 114 valence electrons. The highest BCUT2D eigenvalue weighted by Gasteiger charge is 2.29. The molecule has 1 atom stereocenters. The molecular formula is C15H18ClNO3S. The first-order chi connectivity index (χ1) is 9.94. The Kier molecular flexibility index (Phi) is 5.28. The van der Waals surface area contributed by atoms with Gasteiger partial charge in [-0.05, 0) is 42.9 Å². The normalized spacial score (nSPS) is 16.1. The standard InChI is InChI=1S/C15H18ClNO3S/c1-11(13-5-6-13)10-17-21(19,20)15-7-4-12(3-2-8-18)9-14(15)16/h4,7,9,11,13,17-18H,5-6,8,10H2,1H3. The highest BCUT2D eigenvalue weighted by Crippen LogP contribution is 2.36. The van der Waals surface area contributed by atoms with Crippen LogP contribution in [0.4, 0.5) is 0 Å². The molecule has 1 aromatic rings. The molecule has 1 saturated carbocycles. The largest absolute Gasteiger partial charge is 0.384 e. The van der Waals surface area contributed by atoms with E-state index in [1.807, 2.05) is 0 Å². The summed E-state index contributed by atoms with van der Waals surface area (Å²) in [5.41, 5.74) is 0.569. The molecule has 1 aliphatic rings. The maximum absolute atomic E-state index is 12.3. The lowest BCUT2D eigenvalue weighted by Gasteiger charge is -2.13. The lowest BCUT2D eigenvalue weighted by molar-refractivity contribution is 0.350. The van der Waals surface area contributed by atoms with Crippen molar-refractivity contribution in [1.82, 2.24) is 4.72 Å². The Hall–Kier alpha value is -1.06. The predicted octanol–water partition coefficient (Wildman–Crippen LogP) is 2.01. The van der Waals surface area contributed by atoms with E-state index in [2.05, 4.69) is 23.5 Å². The molecule has 0 spiro atoms. The molecule has 0 heterocycles. The van der Waals surface area contributed by atoms with E-state index in [1.165, 1.54) is 25.0 Å². The fourth-order valence-electron chi connectivity index (χ4n) is 2.09. The van der Waals surface area contributed by atoms with Gasteiger partial charge in [-0.15, -0.1) is 0 Å². The van der Waals surface area contributed by atoms with Gasteiger partial charge in [0.2, 0.25) is 10.0 Å². The number of hydrogen-bond acceptors (Lipinski definition) is 3. The third-order valence-corrected chi connectivity index (χ3v) is 5.46. The van der Waals surface area contributed by atoms with Crippen molar-refractivity contribution in [3.05, 3.63) is 28.8 Å². The first-order valence-electron chi connectivity index (χ1n) is 6.83. The molecule has 6 heteroatoms. The van der Waals surface area contributed by atoms with Crippen LogP contribution in [-0.2, 0) is 10.0 Å². The lowest BCUT2D eigenvalue weighted by atomic mass is 10.1. The maximum atomic E-state index is 12.3. The van der Waals surface area contributed by atoms with Gasteiger partial charge in [0.25, 0.3) is 0 Å². The van der Waals surface area contributed by atoms with Crippen LogP contribution in [0.15, 0.2) is 23.1 Å². The number of rotatable bonds is 5. The maximum Gasteiger partial charge on any atom is 0.242 e. The van der Waals surface area contributed by atoms with Gasteiger partial charge in [0.15, 0.2) is 0 Å². The topological polar surface area (TPSA) is 66.4 Å². The summed E-state index contributed by atoms with van der Waals surface area (Å²) in [4.78, 5) is 0.0571. The van der Waals surface area contributed by atoms with Crippen LogP contribution in [0.25, 0.3) is 0 Å². The second-order valence-corrected chi connectivity index (χ2v) is 7.41. The quantitative estimate of drug-likeness (QED) is 0.813. The molecular weight excluding hydrogens is 310 g/mol. The Morgan fingerprint density at radius 3 is 2.76 bits per heavy atom. The van der Waals surface area contributed by atoms with Crippen molar-refractivity contribution >= 4 is 21.6 Å². The summed E-state index contributed by atoms with van der Waals surface area (Å²) >= 11 is 6.03. The van der Waals surface area contributed by atoms with Crippen LogP contribution < -0.4 is 4.72 Å². The molecule has 21 heavy (non-hydrogen) atoms. The molecule has 0 bridgehead atoms. The van der Waals surface area contributed by atoms with Crippen LogP contribution in [0.2, 0.25) is 5.02 Å². The summed E-state index contributed by atoms with van der Waals surface area (Å²) in [6.07, 6.45) is 2.36. The third-order valence-electron chi connectivity index (χ3n) is 3.56. The number of aliphatic hydroxyl groups excluding tert-OH is 1. The first kappa shape index (κ1) is 16.3. The smallest absolute Gasteiger partial charge is 0.242 e. The summed E-state index contributed by atoms with van der Waals surface area (Å²) in [5, 5.41) is 8.77. The van der Waals surface area contributed by atoms with Crippen LogP contribution in [0.5, 0.6) is 0 Å². The van der Waals surface area contributed by atoms with E-state index >= 15 is 0 Å². The molecule has 1 unspecified atom stereocenters. The average Bonchev–Trinajstić information content (AvgIpc) is 3.27. The minimum Gasteiger partial charge on any atom is -0.384 e. The van der Waals surface area contributed by atoms with Crippen molar-refractivity contribution < 1.29 is 13.5 Å². The molecule has 0 saturated heterocycles. The number of halogens is 1. The van der Waals surface area contributed by atoms with E-state index < -0.39 is 10.0 Å². The van der Waals surface area contributed by atoms with Gasteiger partial charge >= 0.3 is 0 Å². The Bertz CT molecular complexity index is 672. The average molecular weight is 328 g/mol. The summed E-state index contributed by atoms with van der Waals surface area (Å²) in [6, 6.07) is 4.50. The van der Waals surface area contributed by atoms with Crippen LogP contribution >= 0.6 is 11.6 Å². The highest BCUT2D eigenvalue weighted by atomic mass is 35.5. The number of nitrogens with one attached hydrogen (secondary N) is 1. The summed E-state index contributed by atoms with van der Waals surface area (Å²) in [7, 11) is -3.61. The van der Waals surface area contributed by atoms with Gasteiger partial charge < -0.3 is 5.11 Å². The van der Waals surface area contributed by atoms with Gasteiger partial charge in [0.1, 0.15) is 11.5 Å². The minimum atomic E-state index is -3.61. The Balaban J connectivity index is 2.11. The molecule has 0 amide bonds. The van der Waals surface area contributed by atoms with E-state index in [1.54, 1.807) is 6.07 Å². The van der Waals surface area contributed by atoms with E-state index in [-0.39, 0.29) is 16.5 Å². The summed E-state index contributed by atoms with van der Waals surface area (Å²) < 4.78 is 27.1. The fraction of sp³-hybridized carbons (Fsp3) is 0.467. The van der Waals surface area contributed by atoms with Crippen molar-refractivity contribution in [3.63, 3.8) is 0 Å². The van der Waals surface area contributed by atoms with E-state index in [0.29, 0.717) is 23.9 Å². The van der Waals surface area contributed by atoms with E-state index in [9.17, 15) is 8.42 Å². The van der Waals surface area contributed by atoms with Crippen molar-refractivity contribution in [2.75, 3.05) is 13.2 Å². The van der Waals surface area contributed by atoms with Gasteiger partial charge in [-0.1, -0.05) is 30.4 Å². The van der Waals surface area contributed by atoms with Crippen LogP contribution in [-0.4, -0.2) is 26.7 Å². The zero-order valence-corrected chi connectivity index (χ0v) is 13.3.